The van der Waals surface area contributed by atoms with Gasteiger partial charge in [0.2, 0.25) is 0 Å². The third kappa shape index (κ3) is 3.94. The van der Waals surface area contributed by atoms with Crippen LogP contribution in [0.25, 0.3) is 10.9 Å². The molecule has 0 fully saturated rings. The maximum atomic E-state index is 10.6. The Labute approximate surface area is 116 Å². The van der Waals surface area contributed by atoms with Crippen LogP contribution >= 0.6 is 11.8 Å². The van der Waals surface area contributed by atoms with E-state index in [9.17, 15) is 4.79 Å². The Balaban J connectivity index is 1.86. The molecule has 0 saturated heterocycles. The second kappa shape index (κ2) is 6.54. The molecule has 3 N–H and O–H groups in total. The number of carbonyl (C=O) groups is 1. The largest absolute Gasteiger partial charge is 0.480 e. The molecule has 1 aromatic carbocycles. The maximum absolute atomic E-state index is 10.6. The Morgan fingerprint density at radius 3 is 2.89 bits per heavy atom. The third-order valence-electron chi connectivity index (χ3n) is 2.80. The molecule has 0 aliphatic carbocycles. The Bertz CT molecular complexity index is 574. The molecule has 2 rings (SSSR count). The van der Waals surface area contributed by atoms with Gasteiger partial charge in [-0.1, -0.05) is 24.3 Å². The predicted molar refractivity (Wildman–Crippen MR) is 78.1 cm³/mol. The summed E-state index contributed by atoms with van der Waals surface area (Å²) in [6.45, 7) is 0. The van der Waals surface area contributed by atoms with Gasteiger partial charge in [-0.25, -0.2) is 0 Å². The van der Waals surface area contributed by atoms with Crippen molar-refractivity contribution in [1.82, 2.24) is 4.98 Å². The minimum Gasteiger partial charge on any atom is -0.480 e. The predicted octanol–water partition coefficient (Wildman–Crippen LogP) is 2.27. The first-order valence-corrected chi connectivity index (χ1v) is 7.23. The van der Waals surface area contributed by atoms with Crippen molar-refractivity contribution in [3.63, 3.8) is 0 Å². The van der Waals surface area contributed by atoms with Crippen molar-refractivity contribution in [3.8, 4) is 0 Å². The molecule has 0 radical (unpaired) electrons. The number of carboxylic acids is 1. The molecule has 5 heteroatoms. The Hall–Kier alpha value is -1.59. The van der Waals surface area contributed by atoms with Crippen LogP contribution in [-0.2, 0) is 10.5 Å². The summed E-state index contributed by atoms with van der Waals surface area (Å²) >= 11 is 1.65. The number of rotatable bonds is 6. The lowest BCUT2D eigenvalue weighted by Crippen LogP contribution is -2.30. The normalized spacial score (nSPS) is 12.5. The number of nitrogens with two attached hydrogens (primary N) is 1. The van der Waals surface area contributed by atoms with Crippen LogP contribution in [0, 0.1) is 0 Å². The SMILES string of the molecule is NC(CCSCc1ccc2ccccc2n1)C(=O)O. The summed E-state index contributed by atoms with van der Waals surface area (Å²) in [6, 6.07) is 11.3. The second-order valence-electron chi connectivity index (χ2n) is 4.28. The summed E-state index contributed by atoms with van der Waals surface area (Å²) in [5.74, 6) is 0.559. The van der Waals surface area contributed by atoms with Gasteiger partial charge in [0.1, 0.15) is 6.04 Å². The topological polar surface area (TPSA) is 76.2 Å². The fraction of sp³-hybridized carbons (Fsp3) is 0.286. The maximum Gasteiger partial charge on any atom is 0.320 e. The number of fused-ring (bicyclic) bond motifs is 1. The van der Waals surface area contributed by atoms with Crippen LogP contribution in [0.3, 0.4) is 0 Å². The lowest BCUT2D eigenvalue weighted by atomic mass is 10.2. The number of aliphatic carboxylic acids is 1. The van der Waals surface area contributed by atoms with Crippen LogP contribution in [0.1, 0.15) is 12.1 Å². The van der Waals surface area contributed by atoms with Gasteiger partial charge in [-0.3, -0.25) is 9.78 Å². The van der Waals surface area contributed by atoms with Gasteiger partial charge in [0.25, 0.3) is 0 Å². The molecule has 1 atom stereocenters. The third-order valence-corrected chi connectivity index (χ3v) is 3.82. The van der Waals surface area contributed by atoms with Gasteiger partial charge in [-0.15, -0.1) is 0 Å². The minimum absolute atomic E-state index is 0.480. The summed E-state index contributed by atoms with van der Waals surface area (Å²) in [5.41, 5.74) is 7.44. The summed E-state index contributed by atoms with van der Waals surface area (Å²) in [4.78, 5) is 15.1. The first-order chi connectivity index (χ1) is 9.16. The first-order valence-electron chi connectivity index (χ1n) is 6.07. The molecule has 0 bridgehead atoms. The number of hydrogen-bond acceptors (Lipinski definition) is 4. The smallest absolute Gasteiger partial charge is 0.320 e. The molecule has 4 nitrogen and oxygen atoms in total. The molecular weight excluding hydrogens is 260 g/mol. The van der Waals surface area contributed by atoms with E-state index in [0.29, 0.717) is 6.42 Å². The highest BCUT2D eigenvalue weighted by molar-refractivity contribution is 7.98. The molecule has 0 saturated carbocycles. The van der Waals surface area contributed by atoms with Crippen LogP contribution in [0.15, 0.2) is 36.4 Å². The van der Waals surface area contributed by atoms with Gasteiger partial charge in [-0.2, -0.15) is 11.8 Å². The van der Waals surface area contributed by atoms with E-state index in [4.69, 9.17) is 10.8 Å². The number of benzene rings is 1. The lowest BCUT2D eigenvalue weighted by molar-refractivity contribution is -0.138. The van der Waals surface area contributed by atoms with Gasteiger partial charge in [0.15, 0.2) is 0 Å². The van der Waals surface area contributed by atoms with Crippen molar-refractivity contribution in [2.45, 2.75) is 18.2 Å². The number of thioether (sulfide) groups is 1. The monoisotopic (exact) mass is 276 g/mol. The average Bonchev–Trinajstić information content (AvgIpc) is 2.43. The van der Waals surface area contributed by atoms with Crippen LogP contribution in [-0.4, -0.2) is 27.9 Å². The van der Waals surface area contributed by atoms with E-state index in [-0.39, 0.29) is 0 Å². The Morgan fingerprint density at radius 2 is 2.11 bits per heavy atom. The Morgan fingerprint density at radius 1 is 1.32 bits per heavy atom. The number of para-hydroxylation sites is 1. The van der Waals surface area contributed by atoms with Gasteiger partial charge in [0, 0.05) is 11.1 Å². The number of hydrogen-bond donors (Lipinski definition) is 2. The molecule has 100 valence electrons. The van der Waals surface area contributed by atoms with E-state index in [1.54, 1.807) is 11.8 Å². The molecule has 1 heterocycles. The molecule has 0 amide bonds. The number of aromatic nitrogens is 1. The molecule has 0 aliphatic rings. The van der Waals surface area contributed by atoms with E-state index < -0.39 is 12.0 Å². The summed E-state index contributed by atoms with van der Waals surface area (Å²) < 4.78 is 0. The highest BCUT2D eigenvalue weighted by Gasteiger charge is 2.10. The zero-order valence-electron chi connectivity index (χ0n) is 10.5. The second-order valence-corrected chi connectivity index (χ2v) is 5.39. The summed E-state index contributed by atoms with van der Waals surface area (Å²) in [7, 11) is 0. The lowest BCUT2D eigenvalue weighted by Gasteiger charge is -2.06. The minimum atomic E-state index is -0.940. The zero-order valence-corrected chi connectivity index (χ0v) is 11.3. The molecule has 0 spiro atoms. The number of carboxylic acid groups (broad SMARTS) is 1. The standard InChI is InChI=1S/C14H16N2O2S/c15-12(14(17)18)7-8-19-9-11-6-5-10-3-1-2-4-13(10)16-11/h1-6,12H,7-9,15H2,(H,17,18). The van der Waals surface area contributed by atoms with Gasteiger partial charge in [0.05, 0.1) is 11.2 Å². The highest BCUT2D eigenvalue weighted by atomic mass is 32.2. The molecule has 2 aromatic rings. The van der Waals surface area contributed by atoms with Gasteiger partial charge >= 0.3 is 5.97 Å². The fourth-order valence-electron chi connectivity index (χ4n) is 1.70. The van der Waals surface area contributed by atoms with E-state index in [2.05, 4.69) is 11.1 Å². The quantitative estimate of drug-likeness (QED) is 0.791. The zero-order chi connectivity index (χ0) is 13.7. The van der Waals surface area contributed by atoms with Crippen molar-refractivity contribution in [2.75, 3.05) is 5.75 Å². The van der Waals surface area contributed by atoms with Crippen LogP contribution in [0.5, 0.6) is 0 Å². The molecule has 1 unspecified atom stereocenters. The van der Waals surface area contributed by atoms with Crippen molar-refractivity contribution in [1.29, 1.82) is 0 Å². The highest BCUT2D eigenvalue weighted by Crippen LogP contribution is 2.16. The van der Waals surface area contributed by atoms with Crippen molar-refractivity contribution in [3.05, 3.63) is 42.1 Å². The first kappa shape index (κ1) is 13.8. The van der Waals surface area contributed by atoms with Crippen molar-refractivity contribution >= 4 is 28.6 Å². The van der Waals surface area contributed by atoms with Crippen LogP contribution in [0.2, 0.25) is 0 Å². The van der Waals surface area contributed by atoms with Crippen LogP contribution in [0.4, 0.5) is 0 Å². The Kier molecular flexibility index (Phi) is 4.76. The van der Waals surface area contributed by atoms with Crippen LogP contribution < -0.4 is 5.73 Å². The van der Waals surface area contributed by atoms with E-state index in [0.717, 1.165) is 28.1 Å². The molecular formula is C14H16N2O2S. The van der Waals surface area contributed by atoms with Gasteiger partial charge in [-0.05, 0) is 24.3 Å². The molecule has 1 aromatic heterocycles. The van der Waals surface area contributed by atoms with Crippen molar-refractivity contribution < 1.29 is 9.90 Å². The number of nitrogens with zero attached hydrogens (tertiary/aromatic N) is 1. The fourth-order valence-corrected chi connectivity index (χ4v) is 2.63. The number of pyridine rings is 1. The van der Waals surface area contributed by atoms with Crippen molar-refractivity contribution in [2.24, 2.45) is 5.73 Å². The van der Waals surface area contributed by atoms with E-state index in [1.165, 1.54) is 0 Å². The van der Waals surface area contributed by atoms with Gasteiger partial charge < -0.3 is 10.8 Å². The summed E-state index contributed by atoms with van der Waals surface area (Å²) in [5, 5.41) is 9.80. The summed E-state index contributed by atoms with van der Waals surface area (Å²) in [6.07, 6.45) is 0.480. The molecule has 19 heavy (non-hydrogen) atoms. The van der Waals surface area contributed by atoms with E-state index >= 15 is 0 Å². The average molecular weight is 276 g/mol. The molecule has 0 aliphatic heterocycles. The van der Waals surface area contributed by atoms with E-state index in [1.807, 2.05) is 30.3 Å².